The molecule has 13 nitrogen and oxygen atoms in total. The highest BCUT2D eigenvalue weighted by atomic mass is 32.2. The maximum atomic E-state index is 11.7. The summed E-state index contributed by atoms with van der Waals surface area (Å²) in [6.07, 6.45) is 0. The van der Waals surface area contributed by atoms with E-state index in [4.69, 9.17) is 5.73 Å². The average molecular weight is 433 g/mol. The highest BCUT2D eigenvalue weighted by molar-refractivity contribution is 7.86. The molecule has 3 rings (SSSR count). The minimum atomic E-state index is -4.68. The van der Waals surface area contributed by atoms with Crippen LogP contribution < -0.4 is 5.73 Å². The van der Waals surface area contributed by atoms with Gasteiger partial charge in [-0.1, -0.05) is 24.3 Å². The van der Waals surface area contributed by atoms with Crippen molar-refractivity contribution >= 4 is 49.3 Å². The summed E-state index contributed by atoms with van der Waals surface area (Å²) in [4.78, 5) is 19.5. The predicted molar refractivity (Wildman–Crippen MR) is 104 cm³/mol. The molecule has 30 heavy (non-hydrogen) atoms. The molecule has 14 heteroatoms. The topological polar surface area (TPSA) is 212 Å². The largest absolute Gasteiger partial charge is 0.501 e. The van der Waals surface area contributed by atoms with Gasteiger partial charge in [0.05, 0.1) is 21.6 Å². The number of phenols is 1. The van der Waals surface area contributed by atoms with E-state index in [1.807, 2.05) is 0 Å². The highest BCUT2D eigenvalue weighted by Crippen LogP contribution is 2.42. The number of hydrogen-bond donors (Lipinski definition) is 3. The number of fused-ring (bicyclic) bond motifs is 1. The zero-order chi connectivity index (χ0) is 22.2. The van der Waals surface area contributed by atoms with Crippen LogP contribution in [0.4, 0.5) is 28.4 Å². The average Bonchev–Trinajstić information content (AvgIpc) is 2.67. The molecule has 0 aliphatic heterocycles. The smallest absolute Gasteiger partial charge is 0.319 e. The van der Waals surface area contributed by atoms with E-state index in [2.05, 4.69) is 10.2 Å². The molecule has 3 aromatic carbocycles. The van der Waals surface area contributed by atoms with Crippen molar-refractivity contribution in [1.82, 2.24) is 0 Å². The van der Waals surface area contributed by atoms with E-state index >= 15 is 0 Å². The Bertz CT molecular complexity index is 1350. The van der Waals surface area contributed by atoms with Crippen molar-refractivity contribution in [3.8, 4) is 5.75 Å². The Morgan fingerprint density at radius 1 is 0.933 bits per heavy atom. The maximum absolute atomic E-state index is 11.7. The number of nitro benzene ring substituents is 2. The summed E-state index contributed by atoms with van der Waals surface area (Å²) in [7, 11) is -4.68. The number of nitrogens with two attached hydrogens (primary N) is 1. The van der Waals surface area contributed by atoms with Gasteiger partial charge in [-0.2, -0.15) is 8.42 Å². The zero-order valence-electron chi connectivity index (χ0n) is 14.7. The Hall–Kier alpha value is -4.17. The van der Waals surface area contributed by atoms with Crippen LogP contribution in [0.3, 0.4) is 0 Å². The number of nitrogen functional groups attached to an aromatic ring is 1. The van der Waals surface area contributed by atoms with Gasteiger partial charge in [0, 0.05) is 16.8 Å². The summed E-state index contributed by atoms with van der Waals surface area (Å²) < 4.78 is 33.0. The van der Waals surface area contributed by atoms with E-state index in [0.717, 1.165) is 12.1 Å². The summed E-state index contributed by atoms with van der Waals surface area (Å²) in [5.41, 5.74) is 3.38. The van der Waals surface area contributed by atoms with Gasteiger partial charge in [0.25, 0.3) is 15.8 Å². The summed E-state index contributed by atoms with van der Waals surface area (Å²) in [6, 6.07) is 8.17. The summed E-state index contributed by atoms with van der Waals surface area (Å²) in [5, 5.41) is 39.6. The molecule has 0 aromatic heterocycles. The van der Waals surface area contributed by atoms with Crippen LogP contribution in [0.2, 0.25) is 0 Å². The molecular weight excluding hydrogens is 422 g/mol. The third-order valence-electron chi connectivity index (χ3n) is 4.03. The molecule has 154 valence electrons. The number of benzene rings is 3. The van der Waals surface area contributed by atoms with Crippen molar-refractivity contribution in [2.24, 2.45) is 10.2 Å². The Morgan fingerprint density at radius 2 is 1.53 bits per heavy atom. The molecule has 0 bridgehead atoms. The fraction of sp³-hybridized carbons (Fsp3) is 0. The van der Waals surface area contributed by atoms with Crippen molar-refractivity contribution in [2.45, 2.75) is 4.90 Å². The van der Waals surface area contributed by atoms with Crippen molar-refractivity contribution in [3.05, 3.63) is 62.7 Å². The predicted octanol–water partition coefficient (Wildman–Crippen LogP) is 3.61. The Balaban J connectivity index is 2.24. The van der Waals surface area contributed by atoms with Gasteiger partial charge in [0.15, 0.2) is 0 Å². The minimum Gasteiger partial charge on any atom is -0.501 e. The van der Waals surface area contributed by atoms with Crippen LogP contribution in [0.25, 0.3) is 10.8 Å². The standard InChI is InChI=1S/C16H11N5O8S/c17-15-10-4-2-1-3-9(10)14(30(27,28)29)7-11(15)18-19-12-5-8(20(23)24)6-13(16(12)22)21(25)26/h1-7,22H,17H2,(H,27,28,29). The lowest BCUT2D eigenvalue weighted by Crippen LogP contribution is -2.01. The number of rotatable bonds is 5. The molecule has 0 unspecified atom stereocenters. The van der Waals surface area contributed by atoms with Gasteiger partial charge < -0.3 is 10.8 Å². The Labute approximate surface area is 167 Å². The van der Waals surface area contributed by atoms with Crippen LogP contribution in [0.15, 0.2) is 57.6 Å². The second-order valence-corrected chi connectivity index (χ2v) is 7.26. The van der Waals surface area contributed by atoms with Gasteiger partial charge in [-0.05, 0) is 6.07 Å². The van der Waals surface area contributed by atoms with E-state index < -0.39 is 47.7 Å². The zero-order valence-corrected chi connectivity index (χ0v) is 15.5. The number of azo groups is 1. The number of anilines is 1. The lowest BCUT2D eigenvalue weighted by Gasteiger charge is -2.09. The number of nitro groups is 2. The molecule has 0 fully saturated rings. The monoisotopic (exact) mass is 433 g/mol. The Kier molecular flexibility index (Phi) is 5.03. The molecule has 0 saturated carbocycles. The van der Waals surface area contributed by atoms with Crippen LogP contribution in [0, 0.1) is 20.2 Å². The van der Waals surface area contributed by atoms with E-state index in [1.54, 1.807) is 6.07 Å². The molecule has 0 saturated heterocycles. The lowest BCUT2D eigenvalue weighted by atomic mass is 10.1. The van der Waals surface area contributed by atoms with E-state index in [9.17, 15) is 38.3 Å². The molecule has 0 radical (unpaired) electrons. The minimum absolute atomic E-state index is 0.0406. The summed E-state index contributed by atoms with van der Waals surface area (Å²) in [6.45, 7) is 0. The third kappa shape index (κ3) is 3.71. The first-order valence-electron chi connectivity index (χ1n) is 7.87. The van der Waals surface area contributed by atoms with Crippen molar-refractivity contribution in [3.63, 3.8) is 0 Å². The second-order valence-electron chi connectivity index (χ2n) is 5.88. The van der Waals surface area contributed by atoms with Gasteiger partial charge >= 0.3 is 5.69 Å². The van der Waals surface area contributed by atoms with E-state index in [1.165, 1.54) is 18.2 Å². The van der Waals surface area contributed by atoms with Crippen molar-refractivity contribution in [2.75, 3.05) is 5.73 Å². The van der Waals surface area contributed by atoms with E-state index in [-0.39, 0.29) is 22.1 Å². The molecule has 0 amide bonds. The van der Waals surface area contributed by atoms with Gasteiger partial charge in [-0.15, -0.1) is 10.2 Å². The third-order valence-corrected chi connectivity index (χ3v) is 4.93. The lowest BCUT2D eigenvalue weighted by molar-refractivity contribution is -0.394. The number of hydrogen-bond acceptors (Lipinski definition) is 10. The van der Waals surface area contributed by atoms with Crippen LogP contribution in [0.1, 0.15) is 0 Å². The fourth-order valence-corrected chi connectivity index (χ4v) is 3.38. The van der Waals surface area contributed by atoms with E-state index in [0.29, 0.717) is 6.07 Å². The molecule has 3 aromatic rings. The second kappa shape index (κ2) is 7.34. The first-order valence-corrected chi connectivity index (χ1v) is 9.31. The molecule has 4 N–H and O–H groups in total. The highest BCUT2D eigenvalue weighted by Gasteiger charge is 2.24. The SMILES string of the molecule is Nc1c(N=Nc2cc([N+](=O)[O-])cc([N+](=O)[O-])c2O)cc(S(=O)(=O)O)c2ccccc12. The molecule has 0 spiro atoms. The molecule has 0 atom stereocenters. The number of nitrogens with zero attached hydrogens (tertiary/aromatic N) is 4. The van der Waals surface area contributed by atoms with Crippen molar-refractivity contribution in [1.29, 1.82) is 0 Å². The van der Waals surface area contributed by atoms with Gasteiger partial charge in [-0.25, -0.2) is 0 Å². The van der Waals surface area contributed by atoms with Crippen LogP contribution >= 0.6 is 0 Å². The van der Waals surface area contributed by atoms with Gasteiger partial charge in [0.1, 0.15) is 16.3 Å². The van der Waals surface area contributed by atoms with Gasteiger partial charge in [-0.3, -0.25) is 24.8 Å². The normalized spacial score (nSPS) is 11.8. The van der Waals surface area contributed by atoms with Crippen molar-refractivity contribution < 1.29 is 27.9 Å². The first-order chi connectivity index (χ1) is 14.0. The van der Waals surface area contributed by atoms with Crippen LogP contribution in [-0.2, 0) is 10.1 Å². The maximum Gasteiger partial charge on any atom is 0.319 e. The molecule has 0 aliphatic carbocycles. The number of non-ortho nitro benzene ring substituents is 1. The van der Waals surface area contributed by atoms with Gasteiger partial charge in [0.2, 0.25) is 5.75 Å². The quantitative estimate of drug-likeness (QED) is 0.176. The Morgan fingerprint density at radius 3 is 2.10 bits per heavy atom. The molecule has 0 aliphatic rings. The number of aromatic hydroxyl groups is 1. The fourth-order valence-electron chi connectivity index (χ4n) is 2.66. The molecule has 0 heterocycles. The van der Waals surface area contributed by atoms with Crippen LogP contribution in [0.5, 0.6) is 5.75 Å². The summed E-state index contributed by atoms with van der Waals surface area (Å²) in [5.74, 6) is -0.983. The molecular formula is C16H11N5O8S. The number of phenolic OH excluding ortho intramolecular Hbond substituents is 1. The summed E-state index contributed by atoms with van der Waals surface area (Å²) >= 11 is 0. The first kappa shape index (κ1) is 20.6. The van der Waals surface area contributed by atoms with Crippen LogP contribution in [-0.4, -0.2) is 27.9 Å².